The summed E-state index contributed by atoms with van der Waals surface area (Å²) in [6.45, 7) is 9.38. The van der Waals surface area contributed by atoms with E-state index in [2.05, 4.69) is 0 Å². The van der Waals surface area contributed by atoms with Crippen molar-refractivity contribution in [1.82, 2.24) is 4.90 Å². The van der Waals surface area contributed by atoms with E-state index in [1.807, 2.05) is 34.6 Å². The fourth-order valence-electron chi connectivity index (χ4n) is 3.60. The van der Waals surface area contributed by atoms with Gasteiger partial charge in [0, 0.05) is 6.04 Å². The minimum absolute atomic E-state index is 0.0448. The molecular formula is C14H24N2O4. The van der Waals surface area contributed by atoms with E-state index in [4.69, 9.17) is 19.9 Å². The van der Waals surface area contributed by atoms with Crippen molar-refractivity contribution in [1.29, 1.82) is 0 Å². The summed E-state index contributed by atoms with van der Waals surface area (Å²) >= 11 is 0. The first-order chi connectivity index (χ1) is 9.09. The Labute approximate surface area is 119 Å². The van der Waals surface area contributed by atoms with E-state index in [0.29, 0.717) is 0 Å². The van der Waals surface area contributed by atoms with Gasteiger partial charge in [0.2, 0.25) is 0 Å². The Morgan fingerprint density at radius 2 is 1.90 bits per heavy atom. The third kappa shape index (κ3) is 2.10. The molecule has 2 N–H and O–H groups in total. The summed E-state index contributed by atoms with van der Waals surface area (Å²) in [5.74, 6) is -0.601. The van der Waals surface area contributed by atoms with Crippen molar-refractivity contribution in [3.05, 3.63) is 0 Å². The number of hydrogen-bond donors (Lipinski definition) is 1. The van der Waals surface area contributed by atoms with E-state index in [-0.39, 0.29) is 36.4 Å². The van der Waals surface area contributed by atoms with Crippen molar-refractivity contribution >= 4 is 6.09 Å². The Bertz CT molecular complexity index is 431. The smallest absolute Gasteiger partial charge is 0.411 e. The maximum Gasteiger partial charge on any atom is 0.411 e. The van der Waals surface area contributed by atoms with Gasteiger partial charge in [0.1, 0.15) is 17.8 Å². The standard InChI is InChI=1S/C14H24N2O4/c1-13(2,3)20-12(17)16-8-6-7(15)9(16)11-10(8)18-14(4,5)19-11/h7-11H,6,15H2,1-5H3/t7-,8+,9-,10+,11-/m0/s1. The summed E-state index contributed by atoms with van der Waals surface area (Å²) in [7, 11) is 0. The van der Waals surface area contributed by atoms with Crippen LogP contribution >= 0.6 is 0 Å². The number of ether oxygens (including phenoxy) is 3. The number of nitrogens with zero attached hydrogens (tertiary/aromatic N) is 1. The predicted octanol–water partition coefficient (Wildman–Crippen LogP) is 1.23. The lowest BCUT2D eigenvalue weighted by atomic mass is 9.91. The van der Waals surface area contributed by atoms with Gasteiger partial charge in [-0.05, 0) is 41.0 Å². The Morgan fingerprint density at radius 3 is 2.50 bits per heavy atom. The third-order valence-electron chi connectivity index (χ3n) is 4.11. The molecule has 1 amide bonds. The molecular weight excluding hydrogens is 260 g/mol. The average molecular weight is 284 g/mol. The highest BCUT2D eigenvalue weighted by Crippen LogP contribution is 2.47. The summed E-state index contributed by atoms with van der Waals surface area (Å²) in [5, 5.41) is 0. The van der Waals surface area contributed by atoms with Gasteiger partial charge in [-0.2, -0.15) is 0 Å². The third-order valence-corrected chi connectivity index (χ3v) is 4.11. The van der Waals surface area contributed by atoms with Crippen LogP contribution in [0.25, 0.3) is 0 Å². The van der Waals surface area contributed by atoms with Crippen LogP contribution in [-0.2, 0) is 14.2 Å². The second-order valence-corrected chi connectivity index (χ2v) is 7.41. The molecule has 0 radical (unpaired) electrons. The molecule has 0 spiro atoms. The lowest BCUT2D eigenvalue weighted by Crippen LogP contribution is -2.49. The molecule has 0 aliphatic carbocycles. The SMILES string of the molecule is CC(C)(C)OC(=O)N1[C@@H]2[C@@H]3OC(C)(C)O[C@@H]3[C@H]1C[C@@H]2N. The van der Waals surface area contributed by atoms with Crippen LogP contribution in [0.4, 0.5) is 4.79 Å². The van der Waals surface area contributed by atoms with Crippen LogP contribution in [-0.4, -0.2) is 52.7 Å². The zero-order valence-electron chi connectivity index (χ0n) is 12.8. The van der Waals surface area contributed by atoms with Gasteiger partial charge >= 0.3 is 6.09 Å². The molecule has 0 aromatic carbocycles. The van der Waals surface area contributed by atoms with E-state index in [9.17, 15) is 4.79 Å². The molecule has 3 fully saturated rings. The Kier molecular flexibility index (Phi) is 2.88. The summed E-state index contributed by atoms with van der Waals surface area (Å²) in [6.07, 6.45) is 0.179. The number of nitrogens with two attached hydrogens (primary N) is 1. The molecule has 20 heavy (non-hydrogen) atoms. The van der Waals surface area contributed by atoms with Gasteiger partial charge in [0.25, 0.3) is 0 Å². The van der Waals surface area contributed by atoms with Crippen molar-refractivity contribution in [3.63, 3.8) is 0 Å². The van der Waals surface area contributed by atoms with Crippen LogP contribution in [0.1, 0.15) is 41.0 Å². The summed E-state index contributed by atoms with van der Waals surface area (Å²) < 4.78 is 17.4. The Balaban J connectivity index is 1.81. The molecule has 6 nitrogen and oxygen atoms in total. The second kappa shape index (κ2) is 4.08. The zero-order chi connectivity index (χ0) is 14.9. The first kappa shape index (κ1) is 14.1. The van der Waals surface area contributed by atoms with Crippen LogP contribution in [0, 0.1) is 0 Å². The highest BCUT2D eigenvalue weighted by atomic mass is 16.8. The molecule has 3 rings (SSSR count). The lowest BCUT2D eigenvalue weighted by Gasteiger charge is -2.30. The average Bonchev–Trinajstić information content (AvgIpc) is 2.79. The van der Waals surface area contributed by atoms with Crippen LogP contribution in [0.5, 0.6) is 0 Å². The van der Waals surface area contributed by atoms with Crippen molar-refractivity contribution in [2.45, 2.75) is 82.8 Å². The predicted molar refractivity (Wildman–Crippen MR) is 72.1 cm³/mol. The Morgan fingerprint density at radius 1 is 1.30 bits per heavy atom. The van der Waals surface area contributed by atoms with Gasteiger partial charge in [0.15, 0.2) is 5.79 Å². The van der Waals surface area contributed by atoms with Gasteiger partial charge in [-0.1, -0.05) is 0 Å². The molecule has 6 heteroatoms. The number of carbonyl (C=O) groups excluding carboxylic acids is 1. The van der Waals surface area contributed by atoms with Crippen molar-refractivity contribution in [3.8, 4) is 0 Å². The fourth-order valence-corrected chi connectivity index (χ4v) is 3.60. The van der Waals surface area contributed by atoms with E-state index in [0.717, 1.165) is 6.42 Å². The molecule has 0 saturated carbocycles. The van der Waals surface area contributed by atoms with Gasteiger partial charge in [-0.15, -0.1) is 0 Å². The van der Waals surface area contributed by atoms with Gasteiger partial charge in [-0.25, -0.2) is 4.79 Å². The van der Waals surface area contributed by atoms with Crippen LogP contribution < -0.4 is 5.73 Å². The highest BCUT2D eigenvalue weighted by Gasteiger charge is 2.65. The summed E-state index contributed by atoms with van der Waals surface area (Å²) in [5.41, 5.74) is 5.66. The largest absolute Gasteiger partial charge is 0.444 e. The quantitative estimate of drug-likeness (QED) is 0.724. The number of hydrogen-bond acceptors (Lipinski definition) is 5. The molecule has 3 heterocycles. The zero-order valence-corrected chi connectivity index (χ0v) is 12.8. The lowest BCUT2D eigenvalue weighted by molar-refractivity contribution is -0.162. The number of amides is 1. The van der Waals surface area contributed by atoms with Gasteiger partial charge < -0.3 is 19.9 Å². The maximum atomic E-state index is 12.4. The molecule has 3 aliphatic rings. The van der Waals surface area contributed by atoms with Crippen LogP contribution in [0.15, 0.2) is 0 Å². The van der Waals surface area contributed by atoms with E-state index in [1.165, 1.54) is 0 Å². The number of rotatable bonds is 0. The minimum Gasteiger partial charge on any atom is -0.444 e. The van der Waals surface area contributed by atoms with E-state index < -0.39 is 11.4 Å². The number of carbonyl (C=O) groups is 1. The monoisotopic (exact) mass is 284 g/mol. The molecule has 0 aromatic heterocycles. The van der Waals surface area contributed by atoms with Crippen LogP contribution in [0.3, 0.4) is 0 Å². The highest BCUT2D eigenvalue weighted by molar-refractivity contribution is 5.71. The van der Waals surface area contributed by atoms with Crippen molar-refractivity contribution in [2.75, 3.05) is 0 Å². The molecule has 114 valence electrons. The molecule has 3 saturated heterocycles. The summed E-state index contributed by atoms with van der Waals surface area (Å²) in [6, 6.07) is -0.274. The molecule has 5 atom stereocenters. The second-order valence-electron chi connectivity index (χ2n) is 7.41. The number of fused-ring (bicyclic) bond motifs is 5. The molecule has 3 aliphatic heterocycles. The topological polar surface area (TPSA) is 74.0 Å². The molecule has 0 aromatic rings. The normalized spacial score (nSPS) is 41.9. The Hall–Kier alpha value is -0.850. The summed E-state index contributed by atoms with van der Waals surface area (Å²) in [4.78, 5) is 14.1. The van der Waals surface area contributed by atoms with E-state index in [1.54, 1.807) is 4.90 Å². The first-order valence-corrected chi connectivity index (χ1v) is 7.22. The molecule has 2 bridgehead atoms. The maximum absolute atomic E-state index is 12.4. The van der Waals surface area contributed by atoms with Crippen LogP contribution in [0.2, 0.25) is 0 Å². The van der Waals surface area contributed by atoms with Crippen molar-refractivity contribution in [2.24, 2.45) is 5.73 Å². The van der Waals surface area contributed by atoms with Gasteiger partial charge in [-0.3, -0.25) is 4.90 Å². The fraction of sp³-hybridized carbons (Fsp3) is 0.929. The molecule has 0 unspecified atom stereocenters. The van der Waals surface area contributed by atoms with E-state index >= 15 is 0 Å². The van der Waals surface area contributed by atoms with Crippen molar-refractivity contribution < 1.29 is 19.0 Å². The minimum atomic E-state index is -0.601. The first-order valence-electron chi connectivity index (χ1n) is 7.22. The van der Waals surface area contributed by atoms with Gasteiger partial charge in [0.05, 0.1) is 12.1 Å².